The van der Waals surface area contributed by atoms with Gasteiger partial charge in [0.2, 0.25) is 0 Å². The molecule has 8 atom stereocenters. The lowest BCUT2D eigenvalue weighted by molar-refractivity contribution is -0.103. The summed E-state index contributed by atoms with van der Waals surface area (Å²) < 4.78 is 43.1. The molecule has 1 saturated heterocycles. The minimum Gasteiger partial charge on any atom is -0.490 e. The second-order valence-electron chi connectivity index (χ2n) is 18.9. The minimum absolute atomic E-state index is 0.103. The maximum atomic E-state index is 15.2. The fraction of sp³-hybridized carbons (Fsp3) is 0.574. The average molecular weight is 840 g/mol. The zero-order chi connectivity index (χ0) is 41.8. The predicted octanol–water partition coefficient (Wildman–Crippen LogP) is 6.22. The van der Waals surface area contributed by atoms with E-state index in [0.717, 1.165) is 63.1 Å². The standard InChI is InChI=1S/C47H61N5O7S/c1-31-10-14-40-34(21-31)8-6-16-47(40)29-52-24-36-11-13-39(36)42(53)9-5-7-32(2)33(3)60(56,48-44(54)35-12-15-43(58-30-47)41(52)23-35)49-45(55)37-22-38-26-59-46(4,28-51(38)25-37)27-50-17-19-57-20-18-50/h5,9-10,12,14-15,21-23,25,32-33,36,39,42,53H,6-8,11,13,16-20,24,26-30H2,1-4H3,(H,48,49,54,55,56)/b9-5+/t32-,33+,36-,39+,42-,46?,47-,60?/m0/s1. The highest BCUT2D eigenvalue weighted by Crippen LogP contribution is 2.47. The number of amides is 2. The van der Waals surface area contributed by atoms with Crippen LogP contribution in [0.5, 0.6) is 5.75 Å². The van der Waals surface area contributed by atoms with Gasteiger partial charge in [-0.1, -0.05) is 42.8 Å². The summed E-state index contributed by atoms with van der Waals surface area (Å²) in [5.74, 6) is -0.388. The number of aromatic nitrogens is 1. The number of carbonyl (C=O) groups excluding carboxylic acids is 2. The predicted molar refractivity (Wildman–Crippen MR) is 232 cm³/mol. The molecule has 322 valence electrons. The van der Waals surface area contributed by atoms with Gasteiger partial charge in [-0.25, -0.2) is 4.21 Å². The number of morpholine rings is 1. The summed E-state index contributed by atoms with van der Waals surface area (Å²) in [4.78, 5) is 33.2. The Balaban J connectivity index is 1.04. The molecule has 60 heavy (non-hydrogen) atoms. The molecule has 1 saturated carbocycles. The molecule has 1 spiro atoms. The molecule has 3 aromatic rings. The molecule has 2 aromatic carbocycles. The lowest BCUT2D eigenvalue weighted by Gasteiger charge is -2.45. The highest BCUT2D eigenvalue weighted by molar-refractivity contribution is 7.93. The summed E-state index contributed by atoms with van der Waals surface area (Å²) in [6.07, 6.45) is 10.6. The van der Waals surface area contributed by atoms with E-state index < -0.39 is 38.7 Å². The van der Waals surface area contributed by atoms with Crippen molar-refractivity contribution in [1.29, 1.82) is 0 Å². The number of nitrogens with one attached hydrogen (secondary N) is 1. The van der Waals surface area contributed by atoms with Gasteiger partial charge in [-0.05, 0) is 112 Å². The molecular weight excluding hydrogens is 779 g/mol. The number of hydrogen-bond acceptors (Lipinski definition) is 9. The SMILES string of the molecule is Cc1ccc2c(c1)CCC[C@]21COc2ccc3cc2N(C[C@@H]2CC[C@H]2[C@@H](O)/C=C/C[C@H](C)[C@@H](C)S(=O)(NC(=O)c2cc4n(c2)CC(C)(CN2CCOCC2)OC4)=NC3=O)C1. The van der Waals surface area contributed by atoms with E-state index in [1.54, 1.807) is 25.3 Å². The van der Waals surface area contributed by atoms with E-state index in [9.17, 15) is 14.7 Å². The van der Waals surface area contributed by atoms with Crippen LogP contribution in [0, 0.1) is 24.7 Å². The Morgan fingerprint density at radius 2 is 1.92 bits per heavy atom. The van der Waals surface area contributed by atoms with Gasteiger partial charge in [0.15, 0.2) is 0 Å². The van der Waals surface area contributed by atoms with Gasteiger partial charge in [0.1, 0.15) is 15.7 Å². The Labute approximate surface area is 354 Å². The van der Waals surface area contributed by atoms with Crippen LogP contribution in [0.1, 0.15) is 96.0 Å². The lowest BCUT2D eigenvalue weighted by atomic mass is 9.68. The maximum absolute atomic E-state index is 15.2. The molecule has 13 heteroatoms. The van der Waals surface area contributed by atoms with Crippen molar-refractivity contribution in [3.63, 3.8) is 0 Å². The number of carbonyl (C=O) groups is 2. The number of nitrogens with zero attached hydrogens (tertiary/aromatic N) is 4. The number of aliphatic hydroxyl groups excluding tert-OH is 1. The van der Waals surface area contributed by atoms with Crippen LogP contribution in [0.2, 0.25) is 0 Å². The zero-order valence-corrected chi connectivity index (χ0v) is 36.4. The van der Waals surface area contributed by atoms with Crippen LogP contribution in [0.3, 0.4) is 0 Å². The van der Waals surface area contributed by atoms with Gasteiger partial charge in [0, 0.05) is 55.6 Å². The van der Waals surface area contributed by atoms with Crippen LogP contribution < -0.4 is 14.4 Å². The van der Waals surface area contributed by atoms with E-state index in [2.05, 4.69) is 50.9 Å². The number of allylic oxidation sites excluding steroid dienone is 1. The second kappa shape index (κ2) is 16.4. The second-order valence-corrected chi connectivity index (χ2v) is 21.1. The molecule has 2 aliphatic carbocycles. The average Bonchev–Trinajstić information content (AvgIpc) is 3.57. The maximum Gasteiger partial charge on any atom is 0.286 e. The molecule has 2 bridgehead atoms. The summed E-state index contributed by atoms with van der Waals surface area (Å²) >= 11 is 0. The van der Waals surface area contributed by atoms with Crippen molar-refractivity contribution in [1.82, 2.24) is 14.2 Å². The van der Waals surface area contributed by atoms with E-state index in [1.807, 2.05) is 35.8 Å². The number of rotatable bonds is 4. The number of aryl methyl sites for hydroxylation is 2. The smallest absolute Gasteiger partial charge is 0.286 e. The zero-order valence-electron chi connectivity index (χ0n) is 35.6. The van der Waals surface area contributed by atoms with Crippen LogP contribution in [-0.4, -0.2) is 100 Å². The summed E-state index contributed by atoms with van der Waals surface area (Å²) in [7, 11) is -3.68. The first kappa shape index (κ1) is 41.3. The van der Waals surface area contributed by atoms with E-state index in [1.165, 1.54) is 16.7 Å². The Morgan fingerprint density at radius 1 is 1.08 bits per heavy atom. The van der Waals surface area contributed by atoms with Gasteiger partial charge in [-0.15, -0.1) is 4.36 Å². The van der Waals surface area contributed by atoms with E-state index in [4.69, 9.17) is 14.2 Å². The minimum atomic E-state index is -3.68. The largest absolute Gasteiger partial charge is 0.490 e. The van der Waals surface area contributed by atoms with Gasteiger partial charge in [0.05, 0.1) is 61.2 Å². The molecule has 5 heterocycles. The fourth-order valence-corrected chi connectivity index (χ4v) is 12.4. The number of ether oxygens (including phenoxy) is 3. The van der Waals surface area contributed by atoms with Crippen molar-refractivity contribution in [3.8, 4) is 5.75 Å². The van der Waals surface area contributed by atoms with Crippen molar-refractivity contribution in [2.45, 2.75) is 102 Å². The third-order valence-electron chi connectivity index (χ3n) is 14.4. The third kappa shape index (κ3) is 8.08. The number of fused-ring (bicyclic) bond motifs is 5. The first-order valence-electron chi connectivity index (χ1n) is 22.0. The van der Waals surface area contributed by atoms with Crippen molar-refractivity contribution >= 4 is 27.4 Å². The molecule has 12 nitrogen and oxygen atoms in total. The number of benzene rings is 2. The van der Waals surface area contributed by atoms with Gasteiger partial charge < -0.3 is 28.8 Å². The van der Waals surface area contributed by atoms with Gasteiger partial charge in [-0.2, -0.15) is 0 Å². The normalized spacial score (nSPS) is 33.9. The molecule has 6 aliphatic rings. The van der Waals surface area contributed by atoms with Crippen LogP contribution in [-0.2, 0) is 44.4 Å². The van der Waals surface area contributed by atoms with Crippen LogP contribution >= 0.6 is 0 Å². The highest BCUT2D eigenvalue weighted by Gasteiger charge is 2.44. The third-order valence-corrected chi connectivity index (χ3v) is 16.8. The molecule has 2 fully saturated rings. The number of aliphatic hydroxyl groups is 1. The topological polar surface area (TPSA) is 135 Å². The Hall–Kier alpha value is -4.01. The van der Waals surface area contributed by atoms with Crippen LogP contribution in [0.4, 0.5) is 5.69 Å². The van der Waals surface area contributed by atoms with Gasteiger partial charge >= 0.3 is 0 Å². The van der Waals surface area contributed by atoms with Gasteiger partial charge in [-0.3, -0.25) is 19.2 Å². The quantitative estimate of drug-likeness (QED) is 0.294. The van der Waals surface area contributed by atoms with Crippen molar-refractivity contribution < 1.29 is 33.1 Å². The van der Waals surface area contributed by atoms with E-state index in [-0.39, 0.29) is 28.7 Å². The summed E-state index contributed by atoms with van der Waals surface area (Å²) in [6, 6.07) is 13.9. The molecule has 0 radical (unpaired) electrons. The Kier molecular flexibility index (Phi) is 11.3. The molecule has 2 N–H and O–H groups in total. The van der Waals surface area contributed by atoms with Gasteiger partial charge in [0.25, 0.3) is 11.8 Å². The monoisotopic (exact) mass is 839 g/mol. The summed E-state index contributed by atoms with van der Waals surface area (Å²) in [5.41, 5.74) is 5.53. The Morgan fingerprint density at radius 3 is 2.72 bits per heavy atom. The van der Waals surface area contributed by atoms with Crippen molar-refractivity contribution in [3.05, 3.63) is 94.3 Å². The number of anilines is 1. The molecule has 9 rings (SSSR count). The van der Waals surface area contributed by atoms with E-state index in [0.29, 0.717) is 63.8 Å². The Bertz CT molecular complexity index is 2290. The summed E-state index contributed by atoms with van der Waals surface area (Å²) in [6.45, 7) is 14.6. The molecule has 2 unspecified atom stereocenters. The lowest BCUT2D eigenvalue weighted by Crippen LogP contribution is -2.50. The first-order valence-corrected chi connectivity index (χ1v) is 23.6. The van der Waals surface area contributed by atoms with Crippen LogP contribution in [0.25, 0.3) is 0 Å². The molecule has 2 amide bonds. The van der Waals surface area contributed by atoms with Crippen molar-refractivity contribution in [2.24, 2.45) is 22.1 Å². The first-order chi connectivity index (χ1) is 28.8. The van der Waals surface area contributed by atoms with E-state index >= 15 is 4.21 Å². The fourth-order valence-electron chi connectivity index (χ4n) is 10.5. The molecule has 1 aromatic heterocycles. The number of hydrogen-bond donors (Lipinski definition) is 2. The van der Waals surface area contributed by atoms with Crippen molar-refractivity contribution in [2.75, 3.05) is 57.4 Å². The molecule has 4 aliphatic heterocycles. The highest BCUT2D eigenvalue weighted by atomic mass is 32.2. The molecular formula is C47H61N5O7S. The summed E-state index contributed by atoms with van der Waals surface area (Å²) in [5, 5.41) is 10.8. The van der Waals surface area contributed by atoms with Crippen LogP contribution in [0.15, 0.2) is 65.2 Å².